The summed E-state index contributed by atoms with van der Waals surface area (Å²) in [6, 6.07) is 1.14. The maximum absolute atomic E-state index is 11.9. The van der Waals surface area contributed by atoms with Crippen molar-refractivity contribution in [1.82, 2.24) is 20.9 Å². The zero-order valence-corrected chi connectivity index (χ0v) is 12.3. The van der Waals surface area contributed by atoms with Crippen LogP contribution in [0.5, 0.6) is 0 Å². The fraction of sp³-hybridized carbons (Fsp3) is 0.857. The molecule has 6 nitrogen and oxygen atoms in total. The van der Waals surface area contributed by atoms with Crippen LogP contribution in [0, 0.1) is 0 Å². The molecule has 2 amide bonds. The van der Waals surface area contributed by atoms with E-state index in [4.69, 9.17) is 0 Å². The molecule has 1 aliphatic carbocycles. The number of amides is 2. The fourth-order valence-corrected chi connectivity index (χ4v) is 2.66. The van der Waals surface area contributed by atoms with Gasteiger partial charge in [-0.1, -0.05) is 0 Å². The molecule has 0 aromatic heterocycles. The summed E-state index contributed by atoms with van der Waals surface area (Å²) in [5.74, 6) is -0.00795. The molecule has 0 aromatic carbocycles. The minimum Gasteiger partial charge on any atom is -0.355 e. The number of carbonyl (C=O) groups excluding carboxylic acids is 2. The third kappa shape index (κ3) is 5.46. The average molecular weight is 282 g/mol. The van der Waals surface area contributed by atoms with Crippen LogP contribution in [0.1, 0.15) is 32.6 Å². The van der Waals surface area contributed by atoms with Gasteiger partial charge in [-0.25, -0.2) is 0 Å². The minimum absolute atomic E-state index is 0.0558. The van der Waals surface area contributed by atoms with Gasteiger partial charge in [-0.05, 0) is 32.2 Å². The van der Waals surface area contributed by atoms with E-state index < -0.39 is 0 Å². The van der Waals surface area contributed by atoms with Crippen LogP contribution >= 0.6 is 0 Å². The van der Waals surface area contributed by atoms with Crippen molar-refractivity contribution in [3.8, 4) is 0 Å². The first-order chi connectivity index (χ1) is 9.65. The molecule has 1 saturated carbocycles. The van der Waals surface area contributed by atoms with Crippen LogP contribution in [-0.2, 0) is 9.59 Å². The van der Waals surface area contributed by atoms with Gasteiger partial charge in [-0.3, -0.25) is 14.5 Å². The molecule has 1 saturated heterocycles. The Morgan fingerprint density at radius 3 is 2.55 bits per heavy atom. The summed E-state index contributed by atoms with van der Waals surface area (Å²) < 4.78 is 0. The molecular formula is C14H26N4O2. The Morgan fingerprint density at radius 2 is 1.95 bits per heavy atom. The van der Waals surface area contributed by atoms with Gasteiger partial charge in [0.15, 0.2) is 0 Å². The summed E-state index contributed by atoms with van der Waals surface area (Å²) in [4.78, 5) is 24.9. The second kappa shape index (κ2) is 7.59. The summed E-state index contributed by atoms with van der Waals surface area (Å²) in [5, 5.41) is 9.02. The zero-order chi connectivity index (χ0) is 14.4. The molecule has 0 spiro atoms. The van der Waals surface area contributed by atoms with Gasteiger partial charge in [0.1, 0.15) is 0 Å². The minimum atomic E-state index is -0.0637. The third-order valence-corrected chi connectivity index (χ3v) is 3.85. The molecule has 6 heteroatoms. The third-order valence-electron chi connectivity index (χ3n) is 3.85. The second-order valence-corrected chi connectivity index (χ2v) is 5.79. The van der Waals surface area contributed by atoms with Crippen molar-refractivity contribution in [1.29, 1.82) is 0 Å². The van der Waals surface area contributed by atoms with E-state index in [2.05, 4.69) is 20.9 Å². The van der Waals surface area contributed by atoms with Crippen molar-refractivity contribution in [3.05, 3.63) is 0 Å². The molecule has 20 heavy (non-hydrogen) atoms. The number of rotatable bonds is 8. The first-order valence-corrected chi connectivity index (χ1v) is 7.63. The zero-order valence-electron chi connectivity index (χ0n) is 12.3. The summed E-state index contributed by atoms with van der Waals surface area (Å²) in [6.07, 6.45) is 4.89. The second-order valence-electron chi connectivity index (χ2n) is 5.79. The van der Waals surface area contributed by atoms with Crippen molar-refractivity contribution >= 4 is 11.8 Å². The first-order valence-electron chi connectivity index (χ1n) is 7.63. The Labute approximate surface area is 120 Å². The molecule has 1 unspecified atom stereocenters. The lowest BCUT2D eigenvalue weighted by Gasteiger charge is -2.24. The van der Waals surface area contributed by atoms with Gasteiger partial charge in [-0.15, -0.1) is 0 Å². The van der Waals surface area contributed by atoms with E-state index in [1.54, 1.807) is 0 Å². The van der Waals surface area contributed by atoms with Crippen molar-refractivity contribution in [2.24, 2.45) is 0 Å². The molecular weight excluding hydrogens is 256 g/mol. The van der Waals surface area contributed by atoms with Crippen LogP contribution in [0.2, 0.25) is 0 Å². The van der Waals surface area contributed by atoms with Crippen molar-refractivity contribution in [2.75, 3.05) is 32.7 Å². The fourth-order valence-electron chi connectivity index (χ4n) is 2.66. The van der Waals surface area contributed by atoms with E-state index in [0.717, 1.165) is 13.1 Å². The number of hydrogen-bond acceptors (Lipinski definition) is 4. The SMILES string of the molecule is CC(=O)NCCNC(=O)CN(CC1CCCN1)C1CC1. The van der Waals surface area contributed by atoms with E-state index in [1.165, 1.54) is 32.6 Å². The van der Waals surface area contributed by atoms with Gasteiger partial charge < -0.3 is 16.0 Å². The van der Waals surface area contributed by atoms with E-state index in [-0.39, 0.29) is 11.8 Å². The maximum Gasteiger partial charge on any atom is 0.234 e. The smallest absolute Gasteiger partial charge is 0.234 e. The van der Waals surface area contributed by atoms with Crippen LogP contribution in [0.15, 0.2) is 0 Å². The van der Waals surface area contributed by atoms with Crippen molar-refractivity contribution in [3.63, 3.8) is 0 Å². The summed E-state index contributed by atoms with van der Waals surface area (Å²) in [6.45, 7) is 5.03. The Balaban J connectivity index is 1.65. The molecule has 0 bridgehead atoms. The van der Waals surface area contributed by atoms with Gasteiger partial charge in [0, 0.05) is 38.6 Å². The van der Waals surface area contributed by atoms with Gasteiger partial charge in [0.2, 0.25) is 11.8 Å². The molecule has 0 radical (unpaired) electrons. The summed E-state index contributed by atoms with van der Waals surface area (Å²) >= 11 is 0. The van der Waals surface area contributed by atoms with Crippen LogP contribution in [0.25, 0.3) is 0 Å². The van der Waals surface area contributed by atoms with E-state index in [1.807, 2.05) is 0 Å². The van der Waals surface area contributed by atoms with Crippen LogP contribution in [0.3, 0.4) is 0 Å². The molecule has 0 aromatic rings. The van der Waals surface area contributed by atoms with Gasteiger partial charge in [-0.2, -0.15) is 0 Å². The van der Waals surface area contributed by atoms with Gasteiger partial charge in [0.25, 0.3) is 0 Å². The summed E-state index contributed by atoms with van der Waals surface area (Å²) in [7, 11) is 0. The topological polar surface area (TPSA) is 73.5 Å². The normalized spacial score (nSPS) is 22.0. The standard InChI is InChI=1S/C14H26N4O2/c1-11(19)15-7-8-17-14(20)10-18(13-4-5-13)9-12-3-2-6-16-12/h12-13,16H,2-10H2,1H3,(H,15,19)(H,17,20). The highest BCUT2D eigenvalue weighted by Crippen LogP contribution is 2.27. The molecule has 1 atom stereocenters. The lowest BCUT2D eigenvalue weighted by Crippen LogP contribution is -2.45. The molecule has 114 valence electrons. The highest BCUT2D eigenvalue weighted by atomic mass is 16.2. The quantitative estimate of drug-likeness (QED) is 0.523. The number of carbonyl (C=O) groups is 2. The first kappa shape index (κ1) is 15.3. The van der Waals surface area contributed by atoms with Gasteiger partial charge >= 0.3 is 0 Å². The predicted molar refractivity (Wildman–Crippen MR) is 77.3 cm³/mol. The maximum atomic E-state index is 11.9. The summed E-state index contributed by atoms with van der Waals surface area (Å²) in [5.41, 5.74) is 0. The molecule has 2 aliphatic rings. The monoisotopic (exact) mass is 282 g/mol. The van der Waals surface area contributed by atoms with E-state index in [0.29, 0.717) is 31.7 Å². The number of nitrogens with one attached hydrogen (secondary N) is 3. The van der Waals surface area contributed by atoms with E-state index >= 15 is 0 Å². The molecule has 2 fully saturated rings. The average Bonchev–Trinajstić information content (AvgIpc) is 3.13. The largest absolute Gasteiger partial charge is 0.355 e. The Bertz CT molecular complexity index is 338. The van der Waals surface area contributed by atoms with Crippen molar-refractivity contribution in [2.45, 2.75) is 44.7 Å². The van der Waals surface area contributed by atoms with Crippen LogP contribution in [0.4, 0.5) is 0 Å². The predicted octanol–water partition coefficient (Wildman–Crippen LogP) is -0.545. The Hall–Kier alpha value is -1.14. The number of nitrogens with zero attached hydrogens (tertiary/aromatic N) is 1. The lowest BCUT2D eigenvalue weighted by atomic mass is 10.2. The van der Waals surface area contributed by atoms with Crippen LogP contribution < -0.4 is 16.0 Å². The lowest BCUT2D eigenvalue weighted by molar-refractivity contribution is -0.123. The highest BCUT2D eigenvalue weighted by Gasteiger charge is 2.32. The Morgan fingerprint density at radius 1 is 1.20 bits per heavy atom. The molecule has 3 N–H and O–H groups in total. The van der Waals surface area contributed by atoms with Gasteiger partial charge in [0.05, 0.1) is 6.54 Å². The molecule has 2 rings (SSSR count). The Kier molecular flexibility index (Phi) is 5.79. The molecule has 1 heterocycles. The molecule has 1 aliphatic heterocycles. The number of hydrogen-bond donors (Lipinski definition) is 3. The van der Waals surface area contributed by atoms with E-state index in [9.17, 15) is 9.59 Å². The van der Waals surface area contributed by atoms with Crippen LogP contribution in [-0.4, -0.2) is 61.5 Å². The highest BCUT2D eigenvalue weighted by molar-refractivity contribution is 5.78. The van der Waals surface area contributed by atoms with Crippen molar-refractivity contribution < 1.29 is 9.59 Å².